The van der Waals surface area contributed by atoms with E-state index < -0.39 is 0 Å². The predicted octanol–water partition coefficient (Wildman–Crippen LogP) is 7.28. The van der Waals surface area contributed by atoms with Crippen LogP contribution in [-0.2, 0) is 12.8 Å². The van der Waals surface area contributed by atoms with Gasteiger partial charge in [-0.2, -0.15) is 0 Å². The van der Waals surface area contributed by atoms with Crippen LogP contribution in [0.2, 0.25) is 0 Å². The normalized spacial score (nSPS) is 14.0. The molecule has 0 amide bonds. The Kier molecular flexibility index (Phi) is 12.7. The molecule has 2 N–H and O–H groups in total. The maximum absolute atomic E-state index is 10.5. The van der Waals surface area contributed by atoms with Gasteiger partial charge in [-0.1, -0.05) is 41.5 Å². The Morgan fingerprint density at radius 2 is 1.00 bits per heavy atom. The van der Waals surface area contributed by atoms with Gasteiger partial charge in [0, 0.05) is 0 Å². The smallest absolute Gasteiger partial charge is 0.119 e. The second-order valence-corrected chi connectivity index (χ2v) is 14.5. The molecule has 0 aliphatic carbocycles. The van der Waals surface area contributed by atoms with Crippen LogP contribution in [0.1, 0.15) is 65.5 Å². The summed E-state index contributed by atoms with van der Waals surface area (Å²) in [5.41, 5.74) is 1.80. The molecule has 1 rings (SSSR count). The van der Waals surface area contributed by atoms with Gasteiger partial charge in [0.1, 0.15) is 11.5 Å². The molecule has 0 spiro atoms. The Hall–Kier alpha value is -0.320. The zero-order valence-electron chi connectivity index (χ0n) is 19.2. The van der Waals surface area contributed by atoms with E-state index in [1.165, 1.54) is 49.8 Å². The molecule has 28 heavy (non-hydrogen) atoms. The molecule has 0 fully saturated rings. The standard InChI is InChI=1S/C24H44O2P2/c1-7-27(8-2)13-11-19(5)15-21-17-24(26)22(18-23(21)25)16-20(6)12-14-28(9-3)10-4/h17-20,25-26H,7-16H2,1-6H3. The summed E-state index contributed by atoms with van der Waals surface area (Å²) in [4.78, 5) is 0. The van der Waals surface area contributed by atoms with Crippen molar-refractivity contribution in [2.75, 3.05) is 37.0 Å². The largest absolute Gasteiger partial charge is 0.508 e. The number of benzene rings is 1. The molecule has 4 heteroatoms. The molecule has 162 valence electrons. The van der Waals surface area contributed by atoms with Crippen LogP contribution in [0.25, 0.3) is 0 Å². The lowest BCUT2D eigenvalue weighted by Crippen LogP contribution is -2.06. The van der Waals surface area contributed by atoms with Crippen LogP contribution in [-0.4, -0.2) is 47.2 Å². The first-order valence-electron chi connectivity index (χ1n) is 11.3. The van der Waals surface area contributed by atoms with Crippen molar-refractivity contribution < 1.29 is 10.2 Å². The molecule has 0 saturated heterocycles. The minimum absolute atomic E-state index is 0.186. The maximum Gasteiger partial charge on any atom is 0.119 e. The van der Waals surface area contributed by atoms with Gasteiger partial charge in [-0.3, -0.25) is 0 Å². The van der Waals surface area contributed by atoms with Gasteiger partial charge < -0.3 is 10.2 Å². The van der Waals surface area contributed by atoms with E-state index in [1.54, 1.807) is 0 Å². The average Bonchev–Trinajstić information content (AvgIpc) is 2.67. The number of hydrogen-bond acceptors (Lipinski definition) is 2. The number of hydrogen-bond donors (Lipinski definition) is 2. The molecular weight excluding hydrogens is 382 g/mol. The fourth-order valence-corrected chi connectivity index (χ4v) is 7.60. The summed E-state index contributed by atoms with van der Waals surface area (Å²) < 4.78 is 0. The molecule has 2 nitrogen and oxygen atoms in total. The minimum Gasteiger partial charge on any atom is -0.508 e. The van der Waals surface area contributed by atoms with Crippen LogP contribution in [0, 0.1) is 11.8 Å². The highest BCUT2D eigenvalue weighted by molar-refractivity contribution is 7.57. The first-order chi connectivity index (χ1) is 13.3. The van der Waals surface area contributed by atoms with Crippen molar-refractivity contribution in [1.82, 2.24) is 0 Å². The summed E-state index contributed by atoms with van der Waals surface area (Å²) in [5.74, 6) is 1.81. The van der Waals surface area contributed by atoms with E-state index in [1.807, 2.05) is 12.1 Å². The maximum atomic E-state index is 10.5. The van der Waals surface area contributed by atoms with E-state index in [9.17, 15) is 10.2 Å². The zero-order valence-corrected chi connectivity index (χ0v) is 21.0. The summed E-state index contributed by atoms with van der Waals surface area (Å²) in [6.07, 6.45) is 12.0. The Morgan fingerprint density at radius 1 is 0.679 bits per heavy atom. The molecule has 2 unspecified atom stereocenters. The predicted molar refractivity (Wildman–Crippen MR) is 130 cm³/mol. The van der Waals surface area contributed by atoms with Crippen molar-refractivity contribution in [3.63, 3.8) is 0 Å². The summed E-state index contributed by atoms with van der Waals surface area (Å²) in [7, 11) is 0.371. The van der Waals surface area contributed by atoms with E-state index in [0.717, 1.165) is 24.0 Å². The van der Waals surface area contributed by atoms with Crippen LogP contribution < -0.4 is 0 Å². The van der Waals surface area contributed by atoms with Crippen LogP contribution in [0.15, 0.2) is 12.1 Å². The van der Waals surface area contributed by atoms with Gasteiger partial charge in [0.25, 0.3) is 0 Å². The second-order valence-electron chi connectivity index (χ2n) is 8.36. The molecule has 0 saturated carbocycles. The molecule has 0 radical (unpaired) electrons. The Balaban J connectivity index is 2.63. The van der Waals surface area contributed by atoms with Crippen LogP contribution >= 0.6 is 15.8 Å². The fourth-order valence-electron chi connectivity index (χ4n) is 3.83. The first kappa shape index (κ1) is 25.7. The molecule has 1 aromatic carbocycles. The molecule has 0 aliphatic rings. The fraction of sp³-hybridized carbons (Fsp3) is 0.750. The van der Waals surface area contributed by atoms with Crippen molar-refractivity contribution in [1.29, 1.82) is 0 Å². The summed E-state index contributed by atoms with van der Waals surface area (Å²) in [6, 6.07) is 3.64. The Labute approximate surface area is 177 Å². The van der Waals surface area contributed by atoms with Crippen LogP contribution in [0.4, 0.5) is 0 Å². The lowest BCUT2D eigenvalue weighted by atomic mass is 9.93. The lowest BCUT2D eigenvalue weighted by Gasteiger charge is -2.19. The minimum atomic E-state index is 0.186. The highest BCUT2D eigenvalue weighted by atomic mass is 31.1. The molecule has 1 aromatic rings. The van der Waals surface area contributed by atoms with Crippen LogP contribution in [0.3, 0.4) is 0 Å². The molecular formula is C24H44O2P2. The van der Waals surface area contributed by atoms with Crippen molar-refractivity contribution >= 4 is 15.8 Å². The third-order valence-corrected chi connectivity index (χ3v) is 11.4. The highest BCUT2D eigenvalue weighted by Crippen LogP contribution is 2.38. The first-order valence-corrected chi connectivity index (χ1v) is 15.1. The van der Waals surface area contributed by atoms with Crippen molar-refractivity contribution in [2.24, 2.45) is 11.8 Å². The number of phenolic OH excluding ortho intramolecular Hbond substituents is 2. The molecule has 2 atom stereocenters. The summed E-state index contributed by atoms with van der Waals surface area (Å²) in [6.45, 7) is 13.7. The third-order valence-electron chi connectivity index (χ3n) is 6.08. The zero-order chi connectivity index (χ0) is 21.1. The van der Waals surface area contributed by atoms with Gasteiger partial charge in [0.2, 0.25) is 0 Å². The average molecular weight is 427 g/mol. The van der Waals surface area contributed by atoms with E-state index in [2.05, 4.69) is 41.5 Å². The van der Waals surface area contributed by atoms with Crippen molar-refractivity contribution in [3.8, 4) is 11.5 Å². The van der Waals surface area contributed by atoms with Crippen molar-refractivity contribution in [3.05, 3.63) is 23.3 Å². The van der Waals surface area contributed by atoms with Crippen LogP contribution in [0.5, 0.6) is 11.5 Å². The van der Waals surface area contributed by atoms with Gasteiger partial charge in [0.15, 0.2) is 0 Å². The number of phenols is 2. The summed E-state index contributed by atoms with van der Waals surface area (Å²) in [5, 5.41) is 21.1. The number of aromatic hydroxyl groups is 2. The molecule has 0 aromatic heterocycles. The van der Waals surface area contributed by atoms with Gasteiger partial charge in [-0.05, 0) is 97.8 Å². The van der Waals surface area contributed by atoms with E-state index in [0.29, 0.717) is 23.3 Å². The van der Waals surface area contributed by atoms with Gasteiger partial charge >= 0.3 is 0 Å². The quantitative estimate of drug-likeness (QED) is 0.242. The number of rotatable bonds is 14. The molecule has 0 aliphatic heterocycles. The lowest BCUT2D eigenvalue weighted by molar-refractivity contribution is 0.435. The Morgan fingerprint density at radius 3 is 1.29 bits per heavy atom. The van der Waals surface area contributed by atoms with E-state index >= 15 is 0 Å². The van der Waals surface area contributed by atoms with E-state index in [-0.39, 0.29) is 15.8 Å². The van der Waals surface area contributed by atoms with Crippen molar-refractivity contribution in [2.45, 2.75) is 67.2 Å². The topological polar surface area (TPSA) is 40.5 Å². The SMILES string of the molecule is CCP(CC)CCC(C)Cc1cc(O)c(CC(C)CCP(CC)CC)cc1O. The molecule has 0 bridgehead atoms. The van der Waals surface area contributed by atoms with Gasteiger partial charge in [0.05, 0.1) is 0 Å². The second kappa shape index (κ2) is 13.8. The van der Waals surface area contributed by atoms with Gasteiger partial charge in [-0.15, -0.1) is 15.8 Å². The summed E-state index contributed by atoms with van der Waals surface area (Å²) >= 11 is 0. The Bertz CT molecular complexity index is 504. The monoisotopic (exact) mass is 426 g/mol. The molecule has 0 heterocycles. The van der Waals surface area contributed by atoms with E-state index in [4.69, 9.17) is 0 Å². The van der Waals surface area contributed by atoms with Gasteiger partial charge in [-0.25, -0.2) is 0 Å². The third kappa shape index (κ3) is 9.00. The highest BCUT2D eigenvalue weighted by Gasteiger charge is 2.15.